The lowest BCUT2D eigenvalue weighted by molar-refractivity contribution is 0.0601. The van der Waals surface area contributed by atoms with Gasteiger partial charge in [0.1, 0.15) is 0 Å². The number of rotatable bonds is 3. The van der Waals surface area contributed by atoms with E-state index in [4.69, 9.17) is 4.74 Å². The molecule has 0 bridgehead atoms. The summed E-state index contributed by atoms with van der Waals surface area (Å²) >= 11 is 3.54. The number of ether oxygens (including phenoxy) is 1. The van der Waals surface area contributed by atoms with Crippen molar-refractivity contribution in [3.8, 4) is 16.8 Å². The predicted octanol–water partition coefficient (Wildman–Crippen LogP) is 11.6. The molecule has 8 aromatic carbocycles. The second kappa shape index (κ2) is 10.3. The van der Waals surface area contributed by atoms with Gasteiger partial charge in [-0.05, 0) is 79.8 Å². The Hall–Kier alpha value is -5.45. The lowest BCUT2D eigenvalue weighted by Crippen LogP contribution is -2.03. The van der Waals surface area contributed by atoms with Crippen molar-refractivity contribution in [3.05, 3.63) is 150 Å². The van der Waals surface area contributed by atoms with E-state index in [1.165, 1.54) is 61.1 Å². The number of carbonyl (C=O) groups is 1. The highest BCUT2D eigenvalue weighted by molar-refractivity contribution is 9.10. The summed E-state index contributed by atoms with van der Waals surface area (Å²) in [5, 5.41) is 12.2. The van der Waals surface area contributed by atoms with Gasteiger partial charge in [0.05, 0.1) is 23.7 Å². The molecule has 9 aromatic rings. The first kappa shape index (κ1) is 26.9. The van der Waals surface area contributed by atoms with Gasteiger partial charge in [0.25, 0.3) is 0 Å². The largest absolute Gasteiger partial charge is 0.465 e. The van der Waals surface area contributed by atoms with Crippen molar-refractivity contribution in [2.45, 2.75) is 0 Å². The van der Waals surface area contributed by atoms with E-state index in [0.29, 0.717) is 5.56 Å². The molecule has 0 N–H and O–H groups in total. The predicted molar refractivity (Wildman–Crippen MR) is 195 cm³/mol. The molecule has 0 radical (unpaired) electrons. The Kier molecular flexibility index (Phi) is 6.02. The summed E-state index contributed by atoms with van der Waals surface area (Å²) in [5.41, 5.74) is 5.70. The first-order valence-electron chi connectivity index (χ1n) is 15.3. The monoisotopic (exact) mass is 655 g/mol. The number of nitrogens with zero attached hydrogens (tertiary/aromatic N) is 1. The van der Waals surface area contributed by atoms with Crippen LogP contribution < -0.4 is 0 Å². The molecular weight excluding hydrogens is 630 g/mol. The normalized spacial score (nSPS) is 11.8. The summed E-state index contributed by atoms with van der Waals surface area (Å²) in [4.78, 5) is 12.9. The van der Waals surface area contributed by atoms with Crippen molar-refractivity contribution < 1.29 is 9.53 Å². The lowest BCUT2D eigenvalue weighted by Gasteiger charge is -2.17. The van der Waals surface area contributed by atoms with E-state index in [0.717, 1.165) is 32.2 Å². The number of esters is 1. The van der Waals surface area contributed by atoms with Gasteiger partial charge in [-0.3, -0.25) is 0 Å². The Morgan fingerprint density at radius 1 is 0.565 bits per heavy atom. The highest BCUT2D eigenvalue weighted by atomic mass is 79.9. The maximum Gasteiger partial charge on any atom is 0.338 e. The third kappa shape index (κ3) is 3.80. The smallest absolute Gasteiger partial charge is 0.338 e. The fourth-order valence-electron chi connectivity index (χ4n) is 7.45. The van der Waals surface area contributed by atoms with Gasteiger partial charge in [-0.25, -0.2) is 4.79 Å². The van der Waals surface area contributed by atoms with Gasteiger partial charge in [-0.15, -0.1) is 0 Å². The second-order valence-corrected chi connectivity index (χ2v) is 12.6. The van der Waals surface area contributed by atoms with Crippen LogP contribution in [0.15, 0.2) is 144 Å². The summed E-state index contributed by atoms with van der Waals surface area (Å²) in [6.07, 6.45) is 0. The molecule has 0 fully saturated rings. The Morgan fingerprint density at radius 2 is 1.13 bits per heavy atom. The summed E-state index contributed by atoms with van der Waals surface area (Å²) in [6, 6.07) is 49.3. The van der Waals surface area contributed by atoms with E-state index in [9.17, 15) is 4.79 Å². The number of aromatic nitrogens is 1. The van der Waals surface area contributed by atoms with Crippen molar-refractivity contribution in [2.75, 3.05) is 7.11 Å². The highest BCUT2D eigenvalue weighted by Gasteiger charge is 2.23. The zero-order valence-corrected chi connectivity index (χ0v) is 26.5. The fraction of sp³-hybridized carbons (Fsp3) is 0.0238. The number of halogens is 1. The van der Waals surface area contributed by atoms with Crippen LogP contribution in [0.5, 0.6) is 0 Å². The van der Waals surface area contributed by atoms with Crippen LogP contribution in [0, 0.1) is 0 Å². The van der Waals surface area contributed by atoms with E-state index in [2.05, 4.69) is 142 Å². The molecule has 0 aliphatic carbocycles. The standard InChI is InChI=1S/C42H26BrNO2/c1-46-42(45)35-24-26(43)20-21-28(35)25-19-22-37-36(23-25)39-34-18-10-9-17-33(34)38-31-15-7-5-13-29(31)30-14-6-8-16-32(30)40(38)41(39)44(37)27-11-3-2-4-12-27/h2-24H,1H3. The average Bonchev–Trinajstić information content (AvgIpc) is 3.46. The summed E-state index contributed by atoms with van der Waals surface area (Å²) in [6.45, 7) is 0. The maximum atomic E-state index is 12.9. The number of carbonyl (C=O) groups excluding carboxylic acids is 1. The molecule has 0 aliphatic rings. The minimum Gasteiger partial charge on any atom is -0.465 e. The highest BCUT2D eigenvalue weighted by Crippen LogP contribution is 2.48. The van der Waals surface area contributed by atoms with E-state index in [-0.39, 0.29) is 5.97 Å². The molecule has 46 heavy (non-hydrogen) atoms. The third-order valence-electron chi connectivity index (χ3n) is 9.32. The molecule has 0 saturated heterocycles. The minimum absolute atomic E-state index is 0.363. The van der Waals surface area contributed by atoms with Crippen molar-refractivity contribution >= 4 is 86.8 Å². The number of benzene rings is 8. The van der Waals surface area contributed by atoms with Crippen molar-refractivity contribution in [2.24, 2.45) is 0 Å². The van der Waals surface area contributed by atoms with Crippen LogP contribution in [0.2, 0.25) is 0 Å². The topological polar surface area (TPSA) is 31.2 Å². The summed E-state index contributed by atoms with van der Waals surface area (Å²) in [7, 11) is 1.43. The van der Waals surface area contributed by atoms with Gasteiger partial charge < -0.3 is 9.30 Å². The van der Waals surface area contributed by atoms with Crippen LogP contribution in [0.25, 0.3) is 81.7 Å². The van der Waals surface area contributed by atoms with Gasteiger partial charge in [0.15, 0.2) is 0 Å². The van der Waals surface area contributed by atoms with Crippen molar-refractivity contribution in [3.63, 3.8) is 0 Å². The first-order valence-corrected chi connectivity index (χ1v) is 16.1. The van der Waals surface area contributed by atoms with E-state index in [1.807, 2.05) is 18.2 Å². The van der Waals surface area contributed by atoms with Crippen LogP contribution >= 0.6 is 15.9 Å². The number of fused-ring (bicyclic) bond motifs is 13. The third-order valence-corrected chi connectivity index (χ3v) is 9.81. The Bertz CT molecular complexity index is 2710. The molecule has 0 amide bonds. The van der Waals surface area contributed by atoms with Gasteiger partial charge >= 0.3 is 5.97 Å². The maximum absolute atomic E-state index is 12.9. The molecule has 4 heteroatoms. The number of methoxy groups -OCH3 is 1. The number of hydrogen-bond donors (Lipinski definition) is 0. The fourth-order valence-corrected chi connectivity index (χ4v) is 7.81. The Labute approximate surface area is 273 Å². The molecular formula is C42H26BrNO2. The molecule has 1 heterocycles. The second-order valence-electron chi connectivity index (χ2n) is 11.7. The Morgan fingerprint density at radius 3 is 1.78 bits per heavy atom. The van der Waals surface area contributed by atoms with Crippen LogP contribution in [-0.2, 0) is 4.74 Å². The molecule has 0 saturated carbocycles. The van der Waals surface area contributed by atoms with Gasteiger partial charge in [-0.1, -0.05) is 119 Å². The molecule has 9 rings (SSSR count). The van der Waals surface area contributed by atoms with Crippen LogP contribution in [0.3, 0.4) is 0 Å². The SMILES string of the molecule is COC(=O)c1cc(Br)ccc1-c1ccc2c(c1)c1c3ccccc3c3c4ccccc4c4ccccc4c3c1n2-c1ccccc1. The zero-order valence-electron chi connectivity index (χ0n) is 24.9. The lowest BCUT2D eigenvalue weighted by atomic mass is 9.88. The van der Waals surface area contributed by atoms with Crippen LogP contribution in [0.1, 0.15) is 10.4 Å². The molecule has 0 unspecified atom stereocenters. The summed E-state index contributed by atoms with van der Waals surface area (Å²) in [5.74, 6) is -0.363. The van der Waals surface area contributed by atoms with Crippen molar-refractivity contribution in [1.82, 2.24) is 4.57 Å². The van der Waals surface area contributed by atoms with Crippen LogP contribution in [-0.4, -0.2) is 17.6 Å². The Balaban J connectivity index is 1.56. The quantitative estimate of drug-likeness (QED) is 0.140. The van der Waals surface area contributed by atoms with Gasteiger partial charge in [0.2, 0.25) is 0 Å². The number of hydrogen-bond acceptors (Lipinski definition) is 2. The molecule has 218 valence electrons. The molecule has 0 atom stereocenters. The minimum atomic E-state index is -0.363. The average molecular weight is 657 g/mol. The molecule has 0 aliphatic heterocycles. The number of para-hydroxylation sites is 1. The summed E-state index contributed by atoms with van der Waals surface area (Å²) < 4.78 is 8.44. The zero-order chi connectivity index (χ0) is 30.9. The van der Waals surface area contributed by atoms with E-state index >= 15 is 0 Å². The molecule has 1 aromatic heterocycles. The van der Waals surface area contributed by atoms with Gasteiger partial charge in [0, 0.05) is 31.7 Å². The van der Waals surface area contributed by atoms with E-state index in [1.54, 1.807) is 0 Å². The van der Waals surface area contributed by atoms with E-state index < -0.39 is 0 Å². The first-order chi connectivity index (χ1) is 22.6. The van der Waals surface area contributed by atoms with Crippen molar-refractivity contribution in [1.29, 1.82) is 0 Å². The molecule has 0 spiro atoms. The molecule has 3 nitrogen and oxygen atoms in total. The van der Waals surface area contributed by atoms with Crippen LogP contribution in [0.4, 0.5) is 0 Å². The van der Waals surface area contributed by atoms with Gasteiger partial charge in [-0.2, -0.15) is 0 Å².